The first kappa shape index (κ1) is 13.4. The van der Waals surface area contributed by atoms with Gasteiger partial charge in [0.25, 0.3) is 0 Å². The summed E-state index contributed by atoms with van der Waals surface area (Å²) < 4.78 is 11.5. The maximum absolute atomic E-state index is 12.2. The minimum atomic E-state index is -0.0443. The Morgan fingerprint density at radius 2 is 1.86 bits per heavy atom. The Kier molecular flexibility index (Phi) is 3.73. The lowest BCUT2D eigenvalue weighted by Gasteiger charge is -2.06. The number of benzene rings is 2. The SMILES string of the molecule is CCCOc1ccc2c(=O)cc(-c3ccccc3)oc2c1. The van der Waals surface area contributed by atoms with Crippen molar-refractivity contribution >= 4 is 11.0 Å². The number of fused-ring (bicyclic) bond motifs is 1. The molecule has 3 aromatic rings. The third-order valence-corrected chi connectivity index (χ3v) is 3.23. The van der Waals surface area contributed by atoms with E-state index in [0.717, 1.165) is 17.7 Å². The monoisotopic (exact) mass is 280 g/mol. The molecule has 0 saturated heterocycles. The molecule has 0 atom stereocenters. The lowest BCUT2D eigenvalue weighted by Crippen LogP contribution is -2.01. The molecule has 0 unspecified atom stereocenters. The third-order valence-electron chi connectivity index (χ3n) is 3.23. The molecular formula is C18H16O3. The van der Waals surface area contributed by atoms with Crippen molar-refractivity contribution in [2.75, 3.05) is 6.61 Å². The van der Waals surface area contributed by atoms with Crippen LogP contribution >= 0.6 is 0 Å². The van der Waals surface area contributed by atoms with Gasteiger partial charge in [-0.05, 0) is 18.6 Å². The van der Waals surface area contributed by atoms with Gasteiger partial charge in [-0.2, -0.15) is 0 Å². The Balaban J connectivity index is 2.10. The normalized spacial score (nSPS) is 10.7. The van der Waals surface area contributed by atoms with Gasteiger partial charge in [0, 0.05) is 17.7 Å². The molecule has 3 nitrogen and oxygen atoms in total. The summed E-state index contributed by atoms with van der Waals surface area (Å²) in [6.07, 6.45) is 0.937. The van der Waals surface area contributed by atoms with Gasteiger partial charge in [-0.1, -0.05) is 37.3 Å². The lowest BCUT2D eigenvalue weighted by atomic mass is 10.1. The lowest BCUT2D eigenvalue weighted by molar-refractivity contribution is 0.317. The van der Waals surface area contributed by atoms with E-state index in [0.29, 0.717) is 23.3 Å². The first-order valence-electron chi connectivity index (χ1n) is 7.04. The summed E-state index contributed by atoms with van der Waals surface area (Å²) in [7, 11) is 0. The van der Waals surface area contributed by atoms with Crippen molar-refractivity contribution in [2.45, 2.75) is 13.3 Å². The van der Waals surface area contributed by atoms with Gasteiger partial charge < -0.3 is 9.15 Å². The fourth-order valence-electron chi connectivity index (χ4n) is 2.19. The van der Waals surface area contributed by atoms with Gasteiger partial charge in [0.2, 0.25) is 0 Å². The highest BCUT2D eigenvalue weighted by Gasteiger charge is 2.07. The Hall–Kier alpha value is -2.55. The summed E-state index contributed by atoms with van der Waals surface area (Å²) in [5, 5.41) is 0.568. The number of ether oxygens (including phenoxy) is 1. The van der Waals surface area contributed by atoms with E-state index in [1.54, 1.807) is 18.2 Å². The van der Waals surface area contributed by atoms with Crippen molar-refractivity contribution in [3.8, 4) is 17.1 Å². The van der Waals surface area contributed by atoms with E-state index in [4.69, 9.17) is 9.15 Å². The first-order chi connectivity index (χ1) is 10.3. The van der Waals surface area contributed by atoms with Crippen LogP contribution in [0.5, 0.6) is 5.75 Å². The van der Waals surface area contributed by atoms with Crippen LogP contribution in [0.1, 0.15) is 13.3 Å². The van der Waals surface area contributed by atoms with Gasteiger partial charge in [0.15, 0.2) is 5.43 Å². The van der Waals surface area contributed by atoms with Crippen LogP contribution in [0.3, 0.4) is 0 Å². The molecule has 0 amide bonds. The van der Waals surface area contributed by atoms with E-state index in [2.05, 4.69) is 6.92 Å². The van der Waals surface area contributed by atoms with Crippen LogP contribution in [0.25, 0.3) is 22.3 Å². The molecule has 106 valence electrons. The summed E-state index contributed by atoms with van der Waals surface area (Å²) in [4.78, 5) is 12.2. The number of hydrogen-bond acceptors (Lipinski definition) is 3. The van der Waals surface area contributed by atoms with Crippen LogP contribution in [-0.2, 0) is 0 Å². The minimum Gasteiger partial charge on any atom is -0.493 e. The summed E-state index contributed by atoms with van der Waals surface area (Å²) in [6.45, 7) is 2.70. The average molecular weight is 280 g/mol. The average Bonchev–Trinajstić information content (AvgIpc) is 2.53. The van der Waals surface area contributed by atoms with Crippen molar-refractivity contribution < 1.29 is 9.15 Å². The second-order valence-electron chi connectivity index (χ2n) is 4.85. The molecule has 21 heavy (non-hydrogen) atoms. The second kappa shape index (κ2) is 5.83. The fourth-order valence-corrected chi connectivity index (χ4v) is 2.19. The largest absolute Gasteiger partial charge is 0.493 e. The van der Waals surface area contributed by atoms with Crippen LogP contribution in [-0.4, -0.2) is 6.61 Å². The van der Waals surface area contributed by atoms with Crippen LogP contribution in [0.15, 0.2) is 63.8 Å². The van der Waals surface area contributed by atoms with Crippen LogP contribution < -0.4 is 10.2 Å². The van der Waals surface area contributed by atoms with E-state index in [-0.39, 0.29) is 5.43 Å². The zero-order valence-corrected chi connectivity index (χ0v) is 11.8. The molecule has 0 bridgehead atoms. The van der Waals surface area contributed by atoms with Gasteiger partial charge >= 0.3 is 0 Å². The topological polar surface area (TPSA) is 39.4 Å². The predicted molar refractivity (Wildman–Crippen MR) is 83.7 cm³/mol. The Morgan fingerprint density at radius 1 is 1.05 bits per heavy atom. The van der Waals surface area contributed by atoms with Crippen LogP contribution in [0, 0.1) is 0 Å². The molecule has 2 aromatic carbocycles. The van der Waals surface area contributed by atoms with Crippen molar-refractivity contribution in [3.05, 3.63) is 64.8 Å². The smallest absolute Gasteiger partial charge is 0.193 e. The molecule has 0 spiro atoms. The number of rotatable bonds is 4. The molecule has 0 N–H and O–H groups in total. The molecule has 1 aromatic heterocycles. The van der Waals surface area contributed by atoms with Crippen molar-refractivity contribution in [3.63, 3.8) is 0 Å². The standard InChI is InChI=1S/C18H16O3/c1-2-10-20-14-8-9-15-16(19)12-17(21-18(15)11-14)13-6-4-3-5-7-13/h3-9,11-12H,2,10H2,1H3. The van der Waals surface area contributed by atoms with Gasteiger partial charge in [-0.3, -0.25) is 4.79 Å². The van der Waals surface area contributed by atoms with Crippen molar-refractivity contribution in [2.24, 2.45) is 0 Å². The van der Waals surface area contributed by atoms with E-state index in [1.165, 1.54) is 6.07 Å². The Labute approximate surface area is 122 Å². The van der Waals surface area contributed by atoms with Crippen LogP contribution in [0.2, 0.25) is 0 Å². The van der Waals surface area contributed by atoms with Gasteiger partial charge in [-0.15, -0.1) is 0 Å². The Bertz CT molecular complexity index is 804. The predicted octanol–water partition coefficient (Wildman–Crippen LogP) is 4.25. The minimum absolute atomic E-state index is 0.0443. The molecule has 1 heterocycles. The van der Waals surface area contributed by atoms with E-state index >= 15 is 0 Å². The first-order valence-corrected chi connectivity index (χ1v) is 7.04. The molecule has 0 radical (unpaired) electrons. The summed E-state index contributed by atoms with van der Waals surface area (Å²) in [6, 6.07) is 16.5. The van der Waals surface area contributed by atoms with Crippen molar-refractivity contribution in [1.29, 1.82) is 0 Å². The molecule has 0 aliphatic carbocycles. The highest BCUT2D eigenvalue weighted by Crippen LogP contribution is 2.24. The molecule has 3 heteroatoms. The van der Waals surface area contributed by atoms with Gasteiger partial charge in [-0.25, -0.2) is 0 Å². The zero-order chi connectivity index (χ0) is 14.7. The highest BCUT2D eigenvalue weighted by atomic mass is 16.5. The summed E-state index contributed by atoms with van der Waals surface area (Å²) in [5.74, 6) is 1.29. The zero-order valence-electron chi connectivity index (χ0n) is 11.8. The second-order valence-corrected chi connectivity index (χ2v) is 4.85. The fraction of sp³-hybridized carbons (Fsp3) is 0.167. The van der Waals surface area contributed by atoms with Crippen molar-refractivity contribution in [1.82, 2.24) is 0 Å². The highest BCUT2D eigenvalue weighted by molar-refractivity contribution is 5.80. The molecule has 0 aliphatic heterocycles. The van der Waals surface area contributed by atoms with E-state index in [1.807, 2.05) is 30.3 Å². The van der Waals surface area contributed by atoms with Gasteiger partial charge in [0.1, 0.15) is 17.1 Å². The summed E-state index contributed by atoms with van der Waals surface area (Å²) in [5.41, 5.74) is 1.39. The molecular weight excluding hydrogens is 264 g/mol. The molecule has 3 rings (SSSR count). The number of hydrogen-bond donors (Lipinski definition) is 0. The Morgan fingerprint density at radius 3 is 2.62 bits per heavy atom. The third kappa shape index (κ3) is 2.82. The van der Waals surface area contributed by atoms with E-state index in [9.17, 15) is 4.79 Å². The molecule has 0 saturated carbocycles. The van der Waals surface area contributed by atoms with E-state index < -0.39 is 0 Å². The summed E-state index contributed by atoms with van der Waals surface area (Å²) >= 11 is 0. The van der Waals surface area contributed by atoms with Gasteiger partial charge in [0.05, 0.1) is 12.0 Å². The van der Waals surface area contributed by atoms with Crippen LogP contribution in [0.4, 0.5) is 0 Å². The molecule has 0 aliphatic rings. The molecule has 0 fully saturated rings. The quantitative estimate of drug-likeness (QED) is 0.717. The maximum Gasteiger partial charge on any atom is 0.193 e. The maximum atomic E-state index is 12.2.